The minimum atomic E-state index is 0.202. The minimum Gasteiger partial charge on any atom is -0.396 e. The number of nitrogens with one attached hydrogen (secondary N) is 2. The van der Waals surface area contributed by atoms with E-state index in [4.69, 9.17) is 19.8 Å². The number of hydrogen-bond donors (Lipinski definition) is 3. The summed E-state index contributed by atoms with van der Waals surface area (Å²) < 4.78 is 5.46. The molecule has 1 saturated heterocycles. The van der Waals surface area contributed by atoms with Crippen LogP contribution in [0.5, 0.6) is 0 Å². The van der Waals surface area contributed by atoms with Crippen LogP contribution in [0.4, 0.5) is 5.82 Å². The molecule has 0 radical (unpaired) electrons. The lowest BCUT2D eigenvalue weighted by Crippen LogP contribution is -3.12. The zero-order valence-corrected chi connectivity index (χ0v) is 15.5. The van der Waals surface area contributed by atoms with Gasteiger partial charge in [0.05, 0.1) is 18.6 Å². The van der Waals surface area contributed by atoms with Crippen molar-refractivity contribution in [3.63, 3.8) is 0 Å². The number of thiophene rings is 1. The van der Waals surface area contributed by atoms with Crippen LogP contribution in [0.1, 0.15) is 35.5 Å². The second kappa shape index (κ2) is 7.95. The first-order chi connectivity index (χ1) is 12.3. The van der Waals surface area contributed by atoms with Crippen LogP contribution in [-0.4, -0.2) is 54.5 Å². The number of aromatic nitrogens is 2. The van der Waals surface area contributed by atoms with Gasteiger partial charge in [0, 0.05) is 18.0 Å². The smallest absolute Gasteiger partial charge is 0.187 e. The highest BCUT2D eigenvalue weighted by atomic mass is 32.1. The zero-order chi connectivity index (χ0) is 17.1. The lowest BCUT2D eigenvalue weighted by molar-refractivity contribution is -0.922. The Labute approximate surface area is 152 Å². The Morgan fingerprint density at radius 2 is 2.00 bits per heavy atom. The molecule has 25 heavy (non-hydrogen) atoms. The van der Waals surface area contributed by atoms with Crippen molar-refractivity contribution < 1.29 is 14.7 Å². The summed E-state index contributed by atoms with van der Waals surface area (Å²) in [7, 11) is 0. The van der Waals surface area contributed by atoms with Crippen LogP contribution in [0.15, 0.2) is 0 Å². The Kier molecular flexibility index (Phi) is 5.45. The summed E-state index contributed by atoms with van der Waals surface area (Å²) in [6, 6.07) is 0. The summed E-state index contributed by atoms with van der Waals surface area (Å²) in [6.45, 7) is 5.51. The van der Waals surface area contributed by atoms with E-state index in [1.807, 2.05) is 11.3 Å². The molecule has 0 aromatic carbocycles. The maximum atomic E-state index is 9.09. The molecule has 7 heteroatoms. The molecule has 3 N–H and O–H groups in total. The summed E-state index contributed by atoms with van der Waals surface area (Å²) in [4.78, 5) is 13.9. The van der Waals surface area contributed by atoms with Crippen molar-refractivity contribution >= 4 is 27.4 Å². The molecule has 2 aromatic heterocycles. The van der Waals surface area contributed by atoms with Crippen LogP contribution in [0.2, 0.25) is 0 Å². The predicted molar refractivity (Wildman–Crippen MR) is 99.5 cm³/mol. The lowest BCUT2D eigenvalue weighted by atomic mass is 9.97. The van der Waals surface area contributed by atoms with Crippen molar-refractivity contribution in [1.82, 2.24) is 9.97 Å². The van der Waals surface area contributed by atoms with Crippen molar-refractivity contribution in [2.45, 2.75) is 38.6 Å². The first kappa shape index (κ1) is 17.1. The van der Waals surface area contributed by atoms with Gasteiger partial charge in [0.1, 0.15) is 30.3 Å². The number of rotatable bonds is 6. The third kappa shape index (κ3) is 3.79. The average Bonchev–Trinajstić information content (AvgIpc) is 3.01. The quantitative estimate of drug-likeness (QED) is 0.662. The van der Waals surface area contributed by atoms with Gasteiger partial charge >= 0.3 is 0 Å². The summed E-state index contributed by atoms with van der Waals surface area (Å²) >= 11 is 1.85. The average molecular weight is 364 g/mol. The van der Waals surface area contributed by atoms with Gasteiger partial charge in [-0.15, -0.1) is 11.3 Å². The van der Waals surface area contributed by atoms with E-state index in [1.165, 1.54) is 40.0 Å². The van der Waals surface area contributed by atoms with Crippen molar-refractivity contribution in [2.75, 3.05) is 44.8 Å². The second-order valence-electron chi connectivity index (χ2n) is 6.92. The van der Waals surface area contributed by atoms with Crippen molar-refractivity contribution in [2.24, 2.45) is 0 Å². The monoisotopic (exact) mass is 363 g/mol. The van der Waals surface area contributed by atoms with E-state index >= 15 is 0 Å². The van der Waals surface area contributed by atoms with Crippen LogP contribution in [0, 0.1) is 0 Å². The van der Waals surface area contributed by atoms with Gasteiger partial charge in [-0.05, 0) is 37.7 Å². The molecule has 1 aliphatic heterocycles. The van der Waals surface area contributed by atoms with Crippen molar-refractivity contribution in [3.05, 3.63) is 16.3 Å². The summed E-state index contributed by atoms with van der Waals surface area (Å²) in [6.07, 6.45) is 5.60. The van der Waals surface area contributed by atoms with Gasteiger partial charge in [-0.2, -0.15) is 0 Å². The van der Waals surface area contributed by atoms with Crippen LogP contribution < -0.4 is 10.2 Å². The van der Waals surface area contributed by atoms with E-state index in [1.54, 1.807) is 0 Å². The molecule has 2 aromatic rings. The molecule has 0 saturated carbocycles. The summed E-state index contributed by atoms with van der Waals surface area (Å²) in [5.41, 5.74) is 1.46. The summed E-state index contributed by atoms with van der Waals surface area (Å²) in [5.74, 6) is 1.90. The highest BCUT2D eigenvalue weighted by Crippen LogP contribution is 2.38. The van der Waals surface area contributed by atoms with Crippen LogP contribution >= 0.6 is 11.3 Å². The molecular weight excluding hydrogens is 336 g/mol. The number of ether oxygens (including phenoxy) is 1. The van der Waals surface area contributed by atoms with Gasteiger partial charge < -0.3 is 20.1 Å². The molecule has 0 atom stereocenters. The molecule has 4 rings (SSSR count). The molecule has 3 heterocycles. The van der Waals surface area contributed by atoms with Gasteiger partial charge in [-0.25, -0.2) is 9.97 Å². The van der Waals surface area contributed by atoms with Crippen molar-refractivity contribution in [3.8, 4) is 0 Å². The maximum Gasteiger partial charge on any atom is 0.187 e. The summed E-state index contributed by atoms with van der Waals surface area (Å²) in [5, 5.41) is 13.8. The number of aliphatic hydroxyl groups excluding tert-OH is 1. The Morgan fingerprint density at radius 1 is 1.16 bits per heavy atom. The number of anilines is 1. The highest BCUT2D eigenvalue weighted by molar-refractivity contribution is 7.19. The van der Waals surface area contributed by atoms with E-state index in [9.17, 15) is 0 Å². The van der Waals surface area contributed by atoms with Gasteiger partial charge in [0.15, 0.2) is 5.82 Å². The molecule has 0 unspecified atom stereocenters. The molecular formula is C18H27N4O2S+. The molecule has 1 aliphatic carbocycles. The Balaban J connectivity index is 1.66. The third-order valence-corrected chi connectivity index (χ3v) is 6.28. The predicted octanol–water partition coefficient (Wildman–Crippen LogP) is 0.780. The third-order valence-electron chi connectivity index (χ3n) is 5.10. The second-order valence-corrected chi connectivity index (χ2v) is 8.01. The highest BCUT2D eigenvalue weighted by Gasteiger charge is 2.23. The van der Waals surface area contributed by atoms with Gasteiger partial charge in [-0.3, -0.25) is 0 Å². The topological polar surface area (TPSA) is 71.7 Å². The fraction of sp³-hybridized carbons (Fsp3) is 0.667. The molecule has 136 valence electrons. The van der Waals surface area contributed by atoms with Gasteiger partial charge in [0.25, 0.3) is 0 Å². The largest absolute Gasteiger partial charge is 0.396 e. The van der Waals surface area contributed by atoms with Crippen molar-refractivity contribution in [1.29, 1.82) is 0 Å². The van der Waals surface area contributed by atoms with Gasteiger partial charge in [-0.1, -0.05) is 0 Å². The van der Waals surface area contributed by atoms with E-state index < -0.39 is 0 Å². The van der Waals surface area contributed by atoms with E-state index in [0.29, 0.717) is 0 Å². The van der Waals surface area contributed by atoms with E-state index in [2.05, 4.69) is 5.32 Å². The number of aliphatic hydroxyl groups is 1. The Morgan fingerprint density at radius 3 is 2.84 bits per heavy atom. The molecule has 0 amide bonds. The number of nitrogens with zero attached hydrogens (tertiary/aromatic N) is 2. The maximum absolute atomic E-state index is 9.09. The normalized spacial score (nSPS) is 18.4. The zero-order valence-electron chi connectivity index (χ0n) is 14.6. The van der Waals surface area contributed by atoms with Crippen LogP contribution in [0.25, 0.3) is 10.2 Å². The first-order valence-electron chi connectivity index (χ1n) is 9.42. The SMILES string of the molecule is OCCCNc1nc(C[NH+]2CCOCC2)nc2sc3c(c12)CCCC3. The lowest BCUT2D eigenvalue weighted by Gasteiger charge is -2.23. The number of morpholine rings is 1. The van der Waals surface area contributed by atoms with E-state index in [-0.39, 0.29) is 6.61 Å². The van der Waals surface area contributed by atoms with Crippen LogP contribution in [0.3, 0.4) is 0 Å². The van der Waals surface area contributed by atoms with Crippen LogP contribution in [-0.2, 0) is 24.1 Å². The van der Waals surface area contributed by atoms with Gasteiger partial charge in [0.2, 0.25) is 0 Å². The van der Waals surface area contributed by atoms with E-state index in [0.717, 1.165) is 68.7 Å². The number of quaternary nitrogens is 1. The first-order valence-corrected chi connectivity index (χ1v) is 10.2. The molecule has 2 aliphatic rings. The molecule has 1 fully saturated rings. The minimum absolute atomic E-state index is 0.202. The number of hydrogen-bond acceptors (Lipinski definition) is 6. The fourth-order valence-electron chi connectivity index (χ4n) is 3.75. The molecule has 0 spiro atoms. The number of fused-ring (bicyclic) bond motifs is 3. The molecule has 6 nitrogen and oxygen atoms in total. The Bertz CT molecular complexity index is 727. The molecule has 0 bridgehead atoms. The standard InChI is InChI=1S/C18H26N4O2S/c23-9-3-6-19-17-16-13-4-1-2-5-14(13)25-18(16)21-15(20-17)12-22-7-10-24-11-8-22/h23H,1-12H2,(H,19,20,21)/p+1. The fourth-order valence-corrected chi connectivity index (χ4v) is 5.03. The Hall–Kier alpha value is -1.28. The number of aryl methyl sites for hydroxylation is 2.